The summed E-state index contributed by atoms with van der Waals surface area (Å²) in [6, 6.07) is -0.242. The van der Waals surface area contributed by atoms with Crippen LogP contribution in [0.15, 0.2) is 0 Å². The molecule has 0 unspecified atom stereocenters. The third-order valence-corrected chi connectivity index (χ3v) is 3.26. The number of hydrogen-bond donors (Lipinski definition) is 3. The summed E-state index contributed by atoms with van der Waals surface area (Å²) in [5.74, 6) is 2.20. The van der Waals surface area contributed by atoms with Crippen molar-refractivity contribution >= 4 is 11.7 Å². The molecule has 7 heteroatoms. The van der Waals surface area contributed by atoms with Gasteiger partial charge in [-0.2, -0.15) is 5.10 Å². The van der Waals surface area contributed by atoms with Crippen LogP contribution in [0.4, 0.5) is 10.2 Å². The number of hydrogen-bond acceptors (Lipinski definition) is 4. The SMILES string of the molecule is C#Cc1nn([C@@H]2CN[C@H](CF)C2)c(NC)c1C(N)=O. The fourth-order valence-corrected chi connectivity index (χ4v) is 2.37. The molecule has 0 aliphatic carbocycles. The minimum atomic E-state index is -0.628. The van der Waals surface area contributed by atoms with Crippen molar-refractivity contribution < 1.29 is 9.18 Å². The van der Waals surface area contributed by atoms with Crippen molar-refractivity contribution in [2.75, 3.05) is 25.6 Å². The van der Waals surface area contributed by atoms with Crippen molar-refractivity contribution in [1.29, 1.82) is 0 Å². The molecule has 19 heavy (non-hydrogen) atoms. The first-order chi connectivity index (χ1) is 9.12. The van der Waals surface area contributed by atoms with Gasteiger partial charge >= 0.3 is 0 Å². The highest BCUT2D eigenvalue weighted by molar-refractivity contribution is 6.00. The summed E-state index contributed by atoms with van der Waals surface area (Å²) in [7, 11) is 1.66. The van der Waals surface area contributed by atoms with Gasteiger partial charge in [-0.15, -0.1) is 6.42 Å². The summed E-state index contributed by atoms with van der Waals surface area (Å²) in [4.78, 5) is 11.5. The molecule has 1 fully saturated rings. The monoisotopic (exact) mass is 265 g/mol. The van der Waals surface area contributed by atoms with Crippen LogP contribution < -0.4 is 16.4 Å². The number of halogens is 1. The number of nitrogens with two attached hydrogens (primary N) is 1. The van der Waals surface area contributed by atoms with Gasteiger partial charge in [-0.25, -0.2) is 9.07 Å². The Hall–Kier alpha value is -2.07. The zero-order valence-electron chi connectivity index (χ0n) is 10.6. The zero-order chi connectivity index (χ0) is 14.0. The average molecular weight is 265 g/mol. The molecule has 0 saturated carbocycles. The van der Waals surface area contributed by atoms with E-state index in [1.165, 1.54) is 0 Å². The van der Waals surface area contributed by atoms with Gasteiger partial charge in [0, 0.05) is 19.6 Å². The van der Waals surface area contributed by atoms with Crippen molar-refractivity contribution in [3.8, 4) is 12.3 Å². The molecule has 1 amide bonds. The van der Waals surface area contributed by atoms with E-state index in [1.54, 1.807) is 11.7 Å². The van der Waals surface area contributed by atoms with Gasteiger partial charge in [0.2, 0.25) is 0 Å². The first-order valence-corrected chi connectivity index (χ1v) is 5.98. The fourth-order valence-electron chi connectivity index (χ4n) is 2.37. The third-order valence-electron chi connectivity index (χ3n) is 3.26. The Balaban J connectivity index is 2.42. The summed E-state index contributed by atoms with van der Waals surface area (Å²) in [6.07, 6.45) is 5.93. The summed E-state index contributed by atoms with van der Waals surface area (Å²) >= 11 is 0. The molecule has 2 atom stereocenters. The molecule has 1 saturated heterocycles. The Morgan fingerprint density at radius 1 is 1.79 bits per heavy atom. The maximum absolute atomic E-state index is 12.6. The second-order valence-electron chi connectivity index (χ2n) is 4.42. The van der Waals surface area contributed by atoms with Crippen LogP contribution in [0, 0.1) is 12.3 Å². The molecule has 0 bridgehead atoms. The summed E-state index contributed by atoms with van der Waals surface area (Å²) in [6.45, 7) is 0.143. The van der Waals surface area contributed by atoms with Crippen LogP contribution in [0.3, 0.4) is 0 Å². The molecule has 2 heterocycles. The van der Waals surface area contributed by atoms with Crippen molar-refractivity contribution in [3.05, 3.63) is 11.3 Å². The second-order valence-corrected chi connectivity index (χ2v) is 4.42. The van der Waals surface area contributed by atoms with Gasteiger partial charge in [0.05, 0.1) is 6.04 Å². The topological polar surface area (TPSA) is 85.0 Å². The van der Waals surface area contributed by atoms with E-state index in [0.717, 1.165) is 0 Å². The van der Waals surface area contributed by atoms with Crippen LogP contribution in [0.25, 0.3) is 0 Å². The number of carbonyl (C=O) groups is 1. The highest BCUT2D eigenvalue weighted by atomic mass is 19.1. The van der Waals surface area contributed by atoms with E-state index in [-0.39, 0.29) is 23.3 Å². The molecule has 4 N–H and O–H groups in total. The van der Waals surface area contributed by atoms with Gasteiger partial charge in [0.25, 0.3) is 5.91 Å². The Kier molecular flexibility index (Phi) is 3.71. The largest absolute Gasteiger partial charge is 0.373 e. The number of anilines is 1. The minimum absolute atomic E-state index is 0.0524. The Morgan fingerprint density at radius 3 is 3.00 bits per heavy atom. The molecule has 2 rings (SSSR count). The maximum Gasteiger partial charge on any atom is 0.255 e. The van der Waals surface area contributed by atoms with Gasteiger partial charge in [0.15, 0.2) is 0 Å². The van der Waals surface area contributed by atoms with Gasteiger partial charge < -0.3 is 16.4 Å². The quantitative estimate of drug-likeness (QED) is 0.662. The number of nitrogens with zero attached hydrogens (tertiary/aromatic N) is 2. The Bertz CT molecular complexity index is 533. The smallest absolute Gasteiger partial charge is 0.255 e. The van der Waals surface area contributed by atoms with Gasteiger partial charge in [-0.05, 0) is 12.3 Å². The maximum atomic E-state index is 12.6. The summed E-state index contributed by atoms with van der Waals surface area (Å²) < 4.78 is 14.3. The molecular formula is C12H16FN5O. The Labute approximate surface area is 110 Å². The number of carbonyl (C=O) groups excluding carboxylic acids is 1. The summed E-state index contributed by atoms with van der Waals surface area (Å²) in [5.41, 5.74) is 5.74. The number of aromatic nitrogens is 2. The number of nitrogens with one attached hydrogen (secondary N) is 2. The van der Waals surface area contributed by atoms with Crippen molar-refractivity contribution in [1.82, 2.24) is 15.1 Å². The zero-order valence-corrected chi connectivity index (χ0v) is 10.6. The molecule has 1 aliphatic rings. The molecule has 1 aromatic heterocycles. The second kappa shape index (κ2) is 5.28. The average Bonchev–Trinajstić information content (AvgIpc) is 3.01. The van der Waals surface area contributed by atoms with Gasteiger partial charge in [-0.1, -0.05) is 0 Å². The van der Waals surface area contributed by atoms with Gasteiger partial charge in [0.1, 0.15) is 23.7 Å². The molecule has 102 valence electrons. The van der Waals surface area contributed by atoms with E-state index in [2.05, 4.69) is 21.7 Å². The third kappa shape index (κ3) is 2.27. The molecule has 1 aromatic rings. The fraction of sp³-hybridized carbons (Fsp3) is 0.500. The minimum Gasteiger partial charge on any atom is -0.373 e. The van der Waals surface area contributed by atoms with Crippen molar-refractivity contribution in [2.24, 2.45) is 5.73 Å². The van der Waals surface area contributed by atoms with E-state index in [1.807, 2.05) is 0 Å². The van der Waals surface area contributed by atoms with E-state index < -0.39 is 12.6 Å². The molecule has 0 aromatic carbocycles. The predicted octanol–water partition coefficient (Wildman–Crippen LogP) is -0.122. The normalized spacial score (nSPS) is 22.2. The van der Waals surface area contributed by atoms with Crippen LogP contribution in [0.5, 0.6) is 0 Å². The highest BCUT2D eigenvalue weighted by Gasteiger charge is 2.30. The first kappa shape index (κ1) is 13.4. The van der Waals surface area contributed by atoms with E-state index in [4.69, 9.17) is 12.2 Å². The lowest BCUT2D eigenvalue weighted by Crippen LogP contribution is -2.23. The number of rotatable bonds is 4. The van der Waals surface area contributed by atoms with Crippen LogP contribution in [0.1, 0.15) is 28.5 Å². The van der Waals surface area contributed by atoms with Crippen molar-refractivity contribution in [2.45, 2.75) is 18.5 Å². The lowest BCUT2D eigenvalue weighted by molar-refractivity contribution is 0.100. The molecule has 0 radical (unpaired) electrons. The van der Waals surface area contributed by atoms with E-state index >= 15 is 0 Å². The molecule has 6 nitrogen and oxygen atoms in total. The van der Waals surface area contributed by atoms with E-state index in [9.17, 15) is 9.18 Å². The first-order valence-electron chi connectivity index (χ1n) is 5.98. The molecular weight excluding hydrogens is 249 g/mol. The molecule has 1 aliphatic heterocycles. The van der Waals surface area contributed by atoms with Crippen molar-refractivity contribution in [3.63, 3.8) is 0 Å². The lowest BCUT2D eigenvalue weighted by Gasteiger charge is -2.13. The number of terminal acetylenes is 1. The summed E-state index contributed by atoms with van der Waals surface area (Å²) in [5, 5.41) is 10.2. The lowest BCUT2D eigenvalue weighted by atomic mass is 10.2. The van der Waals surface area contributed by atoms with Crippen LogP contribution in [0.2, 0.25) is 0 Å². The standard InChI is InChI=1S/C12H16FN5O/c1-3-9-10(11(14)19)12(15-2)18(17-9)8-4-7(5-13)16-6-8/h1,7-8,15-16H,4-6H2,2H3,(H2,14,19)/t7-,8-/m0/s1. The number of alkyl halides is 1. The van der Waals surface area contributed by atoms with E-state index in [0.29, 0.717) is 18.8 Å². The highest BCUT2D eigenvalue weighted by Crippen LogP contribution is 2.27. The molecule has 0 spiro atoms. The Morgan fingerprint density at radius 2 is 2.53 bits per heavy atom. The number of amides is 1. The van der Waals surface area contributed by atoms with Gasteiger partial charge in [-0.3, -0.25) is 4.79 Å². The predicted molar refractivity (Wildman–Crippen MR) is 69.6 cm³/mol. The van der Waals surface area contributed by atoms with Crippen LogP contribution >= 0.6 is 0 Å². The van der Waals surface area contributed by atoms with Crippen LogP contribution in [-0.4, -0.2) is 42.0 Å². The van der Waals surface area contributed by atoms with Crippen LogP contribution in [-0.2, 0) is 0 Å². The number of primary amides is 1.